The molecule has 1 aromatic carbocycles. The zero-order valence-corrected chi connectivity index (χ0v) is 11.7. The Bertz CT molecular complexity index is 539. The highest BCUT2D eigenvalue weighted by molar-refractivity contribution is 9.10. The number of ether oxygens (including phenoxy) is 1. The quantitative estimate of drug-likeness (QED) is 0.617. The van der Waals surface area contributed by atoms with E-state index < -0.39 is 0 Å². The smallest absolute Gasteiger partial charge is 0.338 e. The van der Waals surface area contributed by atoms with Gasteiger partial charge in [-0.3, -0.25) is 5.01 Å². The molecular formula is C12H12BrN3O2. The summed E-state index contributed by atoms with van der Waals surface area (Å²) in [6.45, 7) is 0.843. The number of esters is 1. The van der Waals surface area contributed by atoms with Gasteiger partial charge in [0.1, 0.15) is 6.54 Å². The Morgan fingerprint density at radius 1 is 1.61 bits per heavy atom. The molecule has 0 aromatic heterocycles. The molecule has 0 atom stereocenters. The lowest BCUT2D eigenvalue weighted by molar-refractivity contribution is 0.0599. The van der Waals surface area contributed by atoms with Crippen molar-refractivity contribution in [2.75, 3.05) is 25.7 Å². The highest BCUT2D eigenvalue weighted by atomic mass is 79.9. The van der Waals surface area contributed by atoms with Gasteiger partial charge in [-0.05, 0) is 12.1 Å². The number of halogens is 1. The second-order valence-electron chi connectivity index (χ2n) is 3.97. The van der Waals surface area contributed by atoms with Crippen LogP contribution in [0.3, 0.4) is 0 Å². The summed E-state index contributed by atoms with van der Waals surface area (Å²) in [7, 11) is 3.24. The summed E-state index contributed by atoms with van der Waals surface area (Å²) in [6.07, 6.45) is 0. The van der Waals surface area contributed by atoms with Crippen molar-refractivity contribution in [3.63, 3.8) is 0 Å². The number of carbonyl (C=O) groups excluding carboxylic acids is 1. The van der Waals surface area contributed by atoms with E-state index in [1.54, 1.807) is 6.07 Å². The Morgan fingerprint density at radius 3 is 2.94 bits per heavy atom. The molecule has 1 heterocycles. The predicted molar refractivity (Wildman–Crippen MR) is 69.9 cm³/mol. The number of benzene rings is 1. The molecule has 0 saturated heterocycles. The first-order valence-corrected chi connectivity index (χ1v) is 6.14. The minimum absolute atomic E-state index is 0.251. The molecule has 18 heavy (non-hydrogen) atoms. The average molecular weight is 310 g/mol. The van der Waals surface area contributed by atoms with Crippen LogP contribution in [0.15, 0.2) is 16.6 Å². The van der Waals surface area contributed by atoms with E-state index in [1.807, 2.05) is 23.1 Å². The highest BCUT2D eigenvalue weighted by Crippen LogP contribution is 2.35. The van der Waals surface area contributed by atoms with Gasteiger partial charge >= 0.3 is 5.97 Å². The van der Waals surface area contributed by atoms with Crippen LogP contribution < -0.4 is 5.01 Å². The summed E-state index contributed by atoms with van der Waals surface area (Å²) < 4.78 is 5.58. The summed E-state index contributed by atoms with van der Waals surface area (Å²) in [6, 6.07) is 5.77. The molecule has 5 nitrogen and oxygen atoms in total. The van der Waals surface area contributed by atoms with Crippen LogP contribution in [0, 0.1) is 11.3 Å². The van der Waals surface area contributed by atoms with E-state index in [4.69, 9.17) is 10.00 Å². The van der Waals surface area contributed by atoms with E-state index in [2.05, 4.69) is 22.0 Å². The van der Waals surface area contributed by atoms with Crippen LogP contribution in [-0.2, 0) is 11.3 Å². The molecule has 0 aliphatic carbocycles. The van der Waals surface area contributed by atoms with Crippen LogP contribution in [0.4, 0.5) is 5.69 Å². The summed E-state index contributed by atoms with van der Waals surface area (Å²) in [4.78, 5) is 11.8. The van der Waals surface area contributed by atoms with Crippen molar-refractivity contribution >= 4 is 27.6 Å². The maximum absolute atomic E-state index is 11.8. The van der Waals surface area contributed by atoms with Gasteiger partial charge in [0.05, 0.1) is 24.4 Å². The van der Waals surface area contributed by atoms with Gasteiger partial charge in [-0.25, -0.2) is 9.80 Å². The van der Waals surface area contributed by atoms with E-state index in [9.17, 15) is 4.79 Å². The van der Waals surface area contributed by atoms with Crippen molar-refractivity contribution in [2.45, 2.75) is 6.54 Å². The maximum Gasteiger partial charge on any atom is 0.338 e. The average Bonchev–Trinajstić information content (AvgIpc) is 2.65. The molecule has 94 valence electrons. The molecule has 0 amide bonds. The molecule has 0 radical (unpaired) electrons. The fraction of sp³-hybridized carbons (Fsp3) is 0.333. The molecule has 2 rings (SSSR count). The molecule has 0 unspecified atom stereocenters. The number of methoxy groups -OCH3 is 1. The normalized spacial score (nSPS) is 14.2. The van der Waals surface area contributed by atoms with Crippen molar-refractivity contribution in [3.8, 4) is 6.07 Å². The third-order valence-electron chi connectivity index (χ3n) is 2.89. The van der Waals surface area contributed by atoms with Gasteiger partial charge in [0.2, 0.25) is 0 Å². The molecule has 1 aliphatic heterocycles. The Labute approximate surface area is 114 Å². The Morgan fingerprint density at radius 2 is 2.33 bits per heavy atom. The molecule has 0 spiro atoms. The molecule has 0 bridgehead atoms. The van der Waals surface area contributed by atoms with E-state index in [0.29, 0.717) is 12.1 Å². The van der Waals surface area contributed by atoms with Crippen molar-refractivity contribution < 1.29 is 9.53 Å². The monoisotopic (exact) mass is 309 g/mol. The van der Waals surface area contributed by atoms with E-state index in [0.717, 1.165) is 15.7 Å². The molecule has 6 heteroatoms. The van der Waals surface area contributed by atoms with Crippen LogP contribution in [0.2, 0.25) is 0 Å². The van der Waals surface area contributed by atoms with Crippen molar-refractivity contribution in [1.82, 2.24) is 5.01 Å². The number of fused-ring (bicyclic) bond motifs is 1. The van der Waals surface area contributed by atoms with E-state index in [-0.39, 0.29) is 12.5 Å². The molecule has 0 saturated carbocycles. The number of hydrogen-bond donors (Lipinski definition) is 0. The van der Waals surface area contributed by atoms with Gasteiger partial charge in [-0.15, -0.1) is 0 Å². The second-order valence-corrected chi connectivity index (χ2v) is 4.89. The van der Waals surface area contributed by atoms with Crippen molar-refractivity contribution in [1.29, 1.82) is 5.26 Å². The fourth-order valence-electron chi connectivity index (χ4n) is 2.08. The first kappa shape index (κ1) is 12.9. The number of hydrazine groups is 1. The zero-order valence-electron chi connectivity index (χ0n) is 10.1. The summed E-state index contributed by atoms with van der Waals surface area (Å²) >= 11 is 3.38. The molecule has 1 aliphatic rings. The van der Waals surface area contributed by atoms with Crippen molar-refractivity contribution in [2.24, 2.45) is 0 Å². The lowest BCUT2D eigenvalue weighted by atomic mass is 10.1. The molecule has 0 fully saturated rings. The van der Waals surface area contributed by atoms with Gasteiger partial charge < -0.3 is 4.74 Å². The van der Waals surface area contributed by atoms with Gasteiger partial charge in [-0.2, -0.15) is 5.26 Å². The lowest BCUT2D eigenvalue weighted by Gasteiger charge is -2.23. The van der Waals surface area contributed by atoms with E-state index >= 15 is 0 Å². The fourth-order valence-corrected chi connectivity index (χ4v) is 2.53. The van der Waals surface area contributed by atoms with Crippen LogP contribution in [0.5, 0.6) is 0 Å². The number of rotatable bonds is 2. The molecule has 0 N–H and O–H groups in total. The van der Waals surface area contributed by atoms with Gasteiger partial charge in [0.15, 0.2) is 0 Å². The van der Waals surface area contributed by atoms with Gasteiger partial charge in [0.25, 0.3) is 0 Å². The standard InChI is InChI=1S/C12H12BrN3O2/c1-15-7-10-9(12(17)18-2)5-8(13)6-11(10)16(15)4-3-14/h5-6H,4,7H2,1-2H3. The largest absolute Gasteiger partial charge is 0.465 e. The minimum Gasteiger partial charge on any atom is -0.465 e. The Hall–Kier alpha value is -1.58. The third-order valence-corrected chi connectivity index (χ3v) is 3.35. The topological polar surface area (TPSA) is 56.6 Å². The van der Waals surface area contributed by atoms with Gasteiger partial charge in [0, 0.05) is 23.6 Å². The number of hydrogen-bond acceptors (Lipinski definition) is 5. The Kier molecular flexibility index (Phi) is 3.55. The second kappa shape index (κ2) is 4.96. The number of anilines is 1. The highest BCUT2D eigenvalue weighted by Gasteiger charge is 2.29. The molecule has 1 aromatic rings. The van der Waals surface area contributed by atoms with Gasteiger partial charge in [-0.1, -0.05) is 15.9 Å². The SMILES string of the molecule is COC(=O)c1cc(Br)cc2c1CN(C)N2CC#N. The van der Waals surface area contributed by atoms with Crippen LogP contribution in [0.25, 0.3) is 0 Å². The molecular weight excluding hydrogens is 298 g/mol. The summed E-state index contributed by atoms with van der Waals surface area (Å²) in [5, 5.41) is 12.6. The maximum atomic E-state index is 11.8. The van der Waals surface area contributed by atoms with Crippen LogP contribution in [-0.4, -0.2) is 31.7 Å². The minimum atomic E-state index is -0.361. The number of nitrogens with zero attached hydrogens (tertiary/aromatic N) is 3. The van der Waals surface area contributed by atoms with E-state index in [1.165, 1.54) is 7.11 Å². The Balaban J connectivity index is 2.54. The first-order chi connectivity index (χ1) is 8.58. The first-order valence-electron chi connectivity index (χ1n) is 5.34. The van der Waals surface area contributed by atoms with Crippen LogP contribution >= 0.6 is 15.9 Å². The zero-order chi connectivity index (χ0) is 13.3. The van der Waals surface area contributed by atoms with Crippen molar-refractivity contribution in [3.05, 3.63) is 27.7 Å². The third kappa shape index (κ3) is 2.07. The lowest BCUT2D eigenvalue weighted by Crippen LogP contribution is -2.34. The summed E-state index contributed by atoms with van der Waals surface area (Å²) in [5.41, 5.74) is 2.30. The number of nitriles is 1. The predicted octanol–water partition coefficient (Wildman–Crippen LogP) is 1.93. The number of carbonyl (C=O) groups is 1. The summed E-state index contributed by atoms with van der Waals surface area (Å²) in [5.74, 6) is -0.361. The van der Waals surface area contributed by atoms with Crippen LogP contribution in [0.1, 0.15) is 15.9 Å².